The third-order valence-corrected chi connectivity index (χ3v) is 5.66. The Balaban J connectivity index is 1.66. The van der Waals surface area contributed by atoms with Gasteiger partial charge in [0.2, 0.25) is 0 Å². The van der Waals surface area contributed by atoms with Crippen molar-refractivity contribution in [2.75, 3.05) is 13.2 Å². The summed E-state index contributed by atoms with van der Waals surface area (Å²) >= 11 is 6.29. The van der Waals surface area contributed by atoms with Gasteiger partial charge < -0.3 is 15.2 Å². The highest BCUT2D eigenvalue weighted by Crippen LogP contribution is 2.32. The average Bonchev–Trinajstić information content (AvgIpc) is 3.02. The van der Waals surface area contributed by atoms with Gasteiger partial charge in [-0.25, -0.2) is 4.79 Å². The maximum Gasteiger partial charge on any atom is 0.343 e. The highest BCUT2D eigenvalue weighted by Gasteiger charge is 2.33. The number of rotatable bonds is 7. The standard InChI is InChI=1S/C22H19N3O5S2/c1-2-29-18(26)12-25-20(27)17(32-22(25)31)11-13-3-5-15(6-4-13)21(28)30-16-9-7-14(8-10-16)19(23)24/h3-11H,2,12H2,1H3,(H3,23,24). The molecule has 0 radical (unpaired) electrons. The fourth-order valence-corrected chi connectivity index (χ4v) is 3.96. The van der Waals surface area contributed by atoms with Crippen LogP contribution < -0.4 is 10.5 Å². The molecule has 1 aliphatic rings. The molecule has 3 rings (SSSR count). The third kappa shape index (κ3) is 5.59. The lowest BCUT2D eigenvalue weighted by Crippen LogP contribution is -2.34. The van der Waals surface area contributed by atoms with Crippen molar-refractivity contribution in [3.05, 3.63) is 70.1 Å². The number of benzene rings is 2. The summed E-state index contributed by atoms with van der Waals surface area (Å²) in [5.41, 5.74) is 6.94. The second-order valence-corrected chi connectivity index (χ2v) is 8.20. The Labute approximate surface area is 193 Å². The van der Waals surface area contributed by atoms with E-state index in [0.717, 1.165) is 11.8 Å². The summed E-state index contributed by atoms with van der Waals surface area (Å²) in [5, 5.41) is 7.38. The molecule has 1 aliphatic heterocycles. The Hall–Kier alpha value is -3.50. The number of nitrogens with two attached hydrogens (primary N) is 1. The molecule has 1 saturated heterocycles. The summed E-state index contributed by atoms with van der Waals surface area (Å²) in [6, 6.07) is 12.8. The smallest absolute Gasteiger partial charge is 0.343 e. The van der Waals surface area contributed by atoms with Crippen LogP contribution in [0.4, 0.5) is 0 Å². The van der Waals surface area contributed by atoms with Gasteiger partial charge in [-0.2, -0.15) is 0 Å². The predicted octanol–water partition coefficient (Wildman–Crippen LogP) is 2.95. The SMILES string of the molecule is CCOC(=O)CN1C(=O)C(=Cc2ccc(C(=O)Oc3ccc(C(=N)N)cc3)cc2)SC1=S. The van der Waals surface area contributed by atoms with Gasteiger partial charge in [0.15, 0.2) is 0 Å². The van der Waals surface area contributed by atoms with Crippen LogP contribution in [-0.2, 0) is 14.3 Å². The molecule has 0 aliphatic carbocycles. The summed E-state index contributed by atoms with van der Waals surface area (Å²) in [4.78, 5) is 38.2. The predicted molar refractivity (Wildman–Crippen MR) is 125 cm³/mol. The number of nitrogen functional groups attached to an aromatic ring is 1. The van der Waals surface area contributed by atoms with Crippen molar-refractivity contribution in [3.8, 4) is 5.75 Å². The number of ether oxygens (including phenoxy) is 2. The van der Waals surface area contributed by atoms with Crippen LogP contribution in [0.3, 0.4) is 0 Å². The fraction of sp³-hybridized carbons (Fsp3) is 0.136. The van der Waals surface area contributed by atoms with Crippen molar-refractivity contribution >= 4 is 58.1 Å². The fourth-order valence-electron chi connectivity index (χ4n) is 2.71. The summed E-state index contributed by atoms with van der Waals surface area (Å²) in [5.74, 6) is -1.19. The minimum Gasteiger partial charge on any atom is -0.465 e. The number of esters is 2. The van der Waals surface area contributed by atoms with Crippen molar-refractivity contribution in [2.45, 2.75) is 6.92 Å². The van der Waals surface area contributed by atoms with Crippen LogP contribution >= 0.6 is 24.0 Å². The quantitative estimate of drug-likeness (QED) is 0.158. The van der Waals surface area contributed by atoms with E-state index in [1.807, 2.05) is 0 Å². The van der Waals surface area contributed by atoms with Crippen molar-refractivity contribution in [1.29, 1.82) is 5.41 Å². The molecule has 164 valence electrons. The van der Waals surface area contributed by atoms with E-state index in [1.165, 1.54) is 4.90 Å². The molecule has 0 atom stereocenters. The Morgan fingerprint density at radius 2 is 1.75 bits per heavy atom. The van der Waals surface area contributed by atoms with Crippen LogP contribution in [0.25, 0.3) is 6.08 Å². The van der Waals surface area contributed by atoms with E-state index >= 15 is 0 Å². The highest BCUT2D eigenvalue weighted by atomic mass is 32.2. The van der Waals surface area contributed by atoms with E-state index in [2.05, 4.69) is 0 Å². The Morgan fingerprint density at radius 3 is 2.34 bits per heavy atom. The second kappa shape index (κ2) is 10.2. The molecule has 0 bridgehead atoms. The minimum absolute atomic E-state index is 0.0729. The van der Waals surface area contributed by atoms with Crippen LogP contribution in [0.2, 0.25) is 0 Å². The maximum absolute atomic E-state index is 12.6. The van der Waals surface area contributed by atoms with E-state index in [1.54, 1.807) is 61.5 Å². The summed E-state index contributed by atoms with van der Waals surface area (Å²) in [6.45, 7) is 1.68. The topological polar surface area (TPSA) is 123 Å². The molecule has 0 aromatic heterocycles. The van der Waals surface area contributed by atoms with Gasteiger partial charge in [0.1, 0.15) is 22.5 Å². The molecular formula is C22H19N3O5S2. The van der Waals surface area contributed by atoms with Gasteiger partial charge >= 0.3 is 11.9 Å². The molecule has 0 unspecified atom stereocenters. The molecule has 8 nitrogen and oxygen atoms in total. The van der Waals surface area contributed by atoms with E-state index < -0.39 is 11.9 Å². The van der Waals surface area contributed by atoms with Crippen molar-refractivity contribution in [1.82, 2.24) is 4.90 Å². The molecular weight excluding hydrogens is 450 g/mol. The molecule has 10 heteroatoms. The van der Waals surface area contributed by atoms with Crippen LogP contribution in [0.1, 0.15) is 28.4 Å². The molecule has 2 aromatic carbocycles. The zero-order valence-corrected chi connectivity index (χ0v) is 18.6. The van der Waals surface area contributed by atoms with Gasteiger partial charge in [0.25, 0.3) is 5.91 Å². The molecule has 1 amide bonds. The van der Waals surface area contributed by atoms with Gasteiger partial charge in [-0.1, -0.05) is 36.1 Å². The lowest BCUT2D eigenvalue weighted by Gasteiger charge is -2.12. The number of thioether (sulfide) groups is 1. The lowest BCUT2D eigenvalue weighted by molar-refractivity contribution is -0.145. The maximum atomic E-state index is 12.6. The number of carbonyl (C=O) groups is 3. The largest absolute Gasteiger partial charge is 0.465 e. The first kappa shape index (κ1) is 23.2. The van der Waals surface area contributed by atoms with Crippen LogP contribution in [0.15, 0.2) is 53.4 Å². The monoisotopic (exact) mass is 469 g/mol. The molecule has 32 heavy (non-hydrogen) atoms. The Morgan fingerprint density at radius 1 is 1.12 bits per heavy atom. The first-order chi connectivity index (χ1) is 15.3. The average molecular weight is 470 g/mol. The minimum atomic E-state index is -0.548. The Kier molecular flexibility index (Phi) is 7.39. The second-order valence-electron chi connectivity index (χ2n) is 6.52. The van der Waals surface area contributed by atoms with Crippen molar-refractivity contribution in [2.24, 2.45) is 5.73 Å². The Bertz CT molecular complexity index is 1110. The number of carbonyl (C=O) groups excluding carboxylic acids is 3. The molecule has 1 heterocycles. The van der Waals surface area contributed by atoms with Gasteiger partial charge in [-0.05, 0) is 55.0 Å². The molecule has 1 fully saturated rings. The molecule has 2 aromatic rings. The normalized spacial score (nSPS) is 14.5. The van der Waals surface area contributed by atoms with Crippen LogP contribution in [-0.4, -0.2) is 46.1 Å². The lowest BCUT2D eigenvalue weighted by atomic mass is 10.1. The summed E-state index contributed by atoms with van der Waals surface area (Å²) in [6.07, 6.45) is 1.64. The van der Waals surface area contributed by atoms with Crippen molar-refractivity contribution < 1.29 is 23.9 Å². The molecule has 0 spiro atoms. The summed E-state index contributed by atoms with van der Waals surface area (Å²) < 4.78 is 10.5. The number of amides is 1. The molecule has 0 saturated carbocycles. The number of thiocarbonyl (C=S) groups is 1. The molecule has 3 N–H and O–H groups in total. The summed E-state index contributed by atoms with van der Waals surface area (Å²) in [7, 11) is 0. The first-order valence-electron chi connectivity index (χ1n) is 9.46. The van der Waals surface area contributed by atoms with Crippen LogP contribution in [0, 0.1) is 5.41 Å². The van der Waals surface area contributed by atoms with E-state index in [0.29, 0.717) is 27.3 Å². The van der Waals surface area contributed by atoms with Gasteiger partial charge in [0.05, 0.1) is 17.1 Å². The first-order valence-corrected chi connectivity index (χ1v) is 10.7. The van der Waals surface area contributed by atoms with E-state index in [4.69, 9.17) is 32.8 Å². The zero-order valence-electron chi connectivity index (χ0n) is 17.0. The number of hydrogen-bond donors (Lipinski definition) is 2. The third-order valence-electron chi connectivity index (χ3n) is 4.29. The highest BCUT2D eigenvalue weighted by molar-refractivity contribution is 8.26. The number of nitrogens with one attached hydrogen (secondary N) is 1. The van der Waals surface area contributed by atoms with Gasteiger partial charge in [-0.15, -0.1) is 0 Å². The number of hydrogen-bond acceptors (Lipinski definition) is 8. The number of nitrogens with zero attached hydrogens (tertiary/aromatic N) is 1. The van der Waals surface area contributed by atoms with E-state index in [-0.39, 0.29) is 29.2 Å². The van der Waals surface area contributed by atoms with Crippen LogP contribution in [0.5, 0.6) is 5.75 Å². The van der Waals surface area contributed by atoms with Gasteiger partial charge in [0, 0.05) is 5.56 Å². The van der Waals surface area contributed by atoms with Crippen molar-refractivity contribution in [3.63, 3.8) is 0 Å². The number of amidine groups is 1. The van der Waals surface area contributed by atoms with Gasteiger partial charge in [-0.3, -0.25) is 19.9 Å². The van der Waals surface area contributed by atoms with E-state index in [9.17, 15) is 14.4 Å². The zero-order chi connectivity index (χ0) is 23.3.